The van der Waals surface area contributed by atoms with Crippen molar-refractivity contribution < 1.29 is 0 Å². The van der Waals surface area contributed by atoms with Crippen molar-refractivity contribution in [3.63, 3.8) is 0 Å². The zero-order valence-electron chi connectivity index (χ0n) is 15.1. The highest BCUT2D eigenvalue weighted by Gasteiger charge is 2.26. The minimum absolute atomic E-state index is 0.380. The smallest absolute Gasteiger partial charge is 0.152 e. The minimum Gasteiger partial charge on any atom is -0.405 e. The zero-order valence-corrected chi connectivity index (χ0v) is 15.1. The van der Waals surface area contributed by atoms with Crippen molar-refractivity contribution in [2.75, 3.05) is 37.6 Å². The summed E-state index contributed by atoms with van der Waals surface area (Å²) in [7, 11) is 0. The van der Waals surface area contributed by atoms with Crippen LogP contribution in [0.3, 0.4) is 0 Å². The van der Waals surface area contributed by atoms with E-state index in [-0.39, 0.29) is 0 Å². The van der Waals surface area contributed by atoms with E-state index in [1.165, 1.54) is 24.6 Å². The highest BCUT2D eigenvalue weighted by atomic mass is 15.3. The van der Waals surface area contributed by atoms with Gasteiger partial charge in [-0.15, -0.1) is 0 Å². The monoisotopic (exact) mass is 355 g/mol. The van der Waals surface area contributed by atoms with Crippen molar-refractivity contribution in [1.29, 1.82) is 0 Å². The lowest BCUT2D eigenvalue weighted by atomic mass is 10.0. The maximum absolute atomic E-state index is 6.03. The van der Waals surface area contributed by atoms with Gasteiger partial charge in [-0.25, -0.2) is 0 Å². The number of hydrogen-bond donors (Lipinski definition) is 4. The summed E-state index contributed by atoms with van der Waals surface area (Å²) in [6.07, 6.45) is 7.65. The van der Waals surface area contributed by atoms with E-state index < -0.39 is 0 Å². The van der Waals surface area contributed by atoms with Gasteiger partial charge in [0.1, 0.15) is 0 Å². The summed E-state index contributed by atoms with van der Waals surface area (Å²) in [5.74, 6) is 6.51. The third kappa shape index (κ3) is 4.29. The summed E-state index contributed by atoms with van der Waals surface area (Å²) in [6.45, 7) is 4.46. The fraction of sp³-hybridized carbons (Fsp3) is 0.421. The van der Waals surface area contributed by atoms with Gasteiger partial charge in [-0.3, -0.25) is 4.90 Å². The predicted molar refractivity (Wildman–Crippen MR) is 108 cm³/mol. The number of allylic oxidation sites excluding steroid dienone is 2. The van der Waals surface area contributed by atoms with Gasteiger partial charge in [-0.2, -0.15) is 5.10 Å². The molecule has 0 aromatic heterocycles. The average molecular weight is 355 g/mol. The first-order valence-electron chi connectivity index (χ1n) is 9.10. The van der Waals surface area contributed by atoms with Crippen LogP contribution < -0.4 is 27.9 Å². The van der Waals surface area contributed by atoms with Crippen LogP contribution >= 0.6 is 0 Å². The van der Waals surface area contributed by atoms with Gasteiger partial charge in [-0.05, 0) is 54.8 Å². The van der Waals surface area contributed by atoms with Crippen molar-refractivity contribution in [3.8, 4) is 0 Å². The Morgan fingerprint density at radius 3 is 2.50 bits per heavy atom. The fourth-order valence-corrected chi connectivity index (χ4v) is 3.40. The lowest BCUT2D eigenvalue weighted by Crippen LogP contribution is -2.48. The molecule has 7 nitrogen and oxygen atoms in total. The second-order valence-corrected chi connectivity index (χ2v) is 6.95. The van der Waals surface area contributed by atoms with E-state index in [9.17, 15) is 0 Å². The van der Waals surface area contributed by atoms with E-state index in [4.69, 9.17) is 23.0 Å². The molecule has 1 aliphatic heterocycles. The first-order valence-corrected chi connectivity index (χ1v) is 9.10. The fourth-order valence-electron chi connectivity index (χ4n) is 3.40. The Morgan fingerprint density at radius 2 is 1.88 bits per heavy atom. The predicted octanol–water partition coefficient (Wildman–Crippen LogP) is 0.580. The van der Waals surface area contributed by atoms with Crippen LogP contribution in [0.15, 0.2) is 47.3 Å². The summed E-state index contributed by atoms with van der Waals surface area (Å²) in [6, 6.07) is 6.48. The summed E-state index contributed by atoms with van der Waals surface area (Å²) >= 11 is 0. The van der Waals surface area contributed by atoms with Crippen LogP contribution in [-0.4, -0.2) is 43.5 Å². The standard InChI is InChI=1S/C19H29N7/c20-7-1-2-16(21)13-25-8-10-26(11-9-25)18-12-15(14-3-4-14)5-6-17(18)19(22)24-23/h1-2,5-7,12,14H,3-4,8-11,13,20-21,23H2,(H2,22,24)/b7-1-,16-2-. The summed E-state index contributed by atoms with van der Waals surface area (Å²) in [4.78, 5) is 4.72. The van der Waals surface area contributed by atoms with Crippen molar-refractivity contribution >= 4 is 11.5 Å². The Bertz CT molecular complexity index is 711. The van der Waals surface area contributed by atoms with Gasteiger partial charge in [0, 0.05) is 49.7 Å². The molecule has 1 aromatic carbocycles. The van der Waals surface area contributed by atoms with Gasteiger partial charge >= 0.3 is 0 Å². The van der Waals surface area contributed by atoms with Gasteiger partial charge in [0.05, 0.1) is 0 Å². The molecule has 0 spiro atoms. The number of amidine groups is 1. The molecule has 2 fully saturated rings. The van der Waals surface area contributed by atoms with Gasteiger partial charge in [0.25, 0.3) is 0 Å². The van der Waals surface area contributed by atoms with Crippen LogP contribution in [0.4, 0.5) is 5.69 Å². The Kier molecular flexibility index (Phi) is 5.68. The van der Waals surface area contributed by atoms with Crippen molar-refractivity contribution in [2.45, 2.75) is 18.8 Å². The second kappa shape index (κ2) is 8.14. The van der Waals surface area contributed by atoms with Gasteiger partial charge in [-0.1, -0.05) is 6.07 Å². The molecule has 1 saturated heterocycles. The van der Waals surface area contributed by atoms with Crippen molar-refractivity contribution in [2.24, 2.45) is 28.1 Å². The maximum Gasteiger partial charge on any atom is 0.152 e. The number of nitrogens with zero attached hydrogens (tertiary/aromatic N) is 3. The molecular formula is C19H29N7. The van der Waals surface area contributed by atoms with E-state index in [2.05, 4.69) is 33.1 Å². The Balaban J connectivity index is 1.71. The largest absolute Gasteiger partial charge is 0.405 e. The molecule has 1 saturated carbocycles. The molecule has 0 atom stereocenters. The Labute approximate surface area is 155 Å². The van der Waals surface area contributed by atoms with E-state index >= 15 is 0 Å². The quantitative estimate of drug-likeness (QED) is 0.195. The molecule has 26 heavy (non-hydrogen) atoms. The maximum atomic E-state index is 6.03. The molecular weight excluding hydrogens is 326 g/mol. The number of nitrogens with two attached hydrogens (primary N) is 4. The van der Waals surface area contributed by atoms with E-state index in [1.54, 1.807) is 6.08 Å². The molecule has 7 heteroatoms. The van der Waals surface area contributed by atoms with E-state index in [1.807, 2.05) is 6.08 Å². The first-order chi connectivity index (χ1) is 12.6. The topological polar surface area (TPSA) is 123 Å². The molecule has 0 amide bonds. The van der Waals surface area contributed by atoms with Crippen LogP contribution in [0.2, 0.25) is 0 Å². The number of piperazine rings is 1. The molecule has 0 unspecified atom stereocenters. The van der Waals surface area contributed by atoms with Crippen molar-refractivity contribution in [3.05, 3.63) is 53.4 Å². The number of benzene rings is 1. The zero-order chi connectivity index (χ0) is 18.5. The molecule has 1 aromatic rings. The SMILES string of the molecule is N/C=C\C=C(/N)CN1CCN(c2cc(C3CC3)ccc2/C(N)=N/N)CC1. The number of hydrazone groups is 1. The number of rotatable bonds is 6. The van der Waals surface area contributed by atoms with Gasteiger partial charge in [0.2, 0.25) is 0 Å². The normalized spacial score (nSPS) is 20.1. The minimum atomic E-state index is 0.380. The third-order valence-electron chi connectivity index (χ3n) is 5.03. The first kappa shape index (κ1) is 18.1. The number of anilines is 1. The highest BCUT2D eigenvalue weighted by molar-refractivity contribution is 6.02. The second-order valence-electron chi connectivity index (χ2n) is 6.95. The molecule has 8 N–H and O–H groups in total. The van der Waals surface area contributed by atoms with Crippen LogP contribution in [0, 0.1) is 0 Å². The van der Waals surface area contributed by atoms with Crippen LogP contribution in [0.1, 0.15) is 29.9 Å². The molecule has 3 rings (SSSR count). The molecule has 1 aliphatic carbocycles. The Hall–Kier alpha value is -2.67. The highest BCUT2D eigenvalue weighted by Crippen LogP contribution is 2.41. The molecule has 2 aliphatic rings. The van der Waals surface area contributed by atoms with E-state index in [0.717, 1.165) is 49.7 Å². The molecule has 0 radical (unpaired) electrons. The number of hydrogen-bond acceptors (Lipinski definition) is 6. The summed E-state index contributed by atoms with van der Waals surface area (Å²) < 4.78 is 0. The van der Waals surface area contributed by atoms with Crippen LogP contribution in [0.25, 0.3) is 0 Å². The lowest BCUT2D eigenvalue weighted by molar-refractivity contribution is 0.277. The molecule has 1 heterocycles. The van der Waals surface area contributed by atoms with Gasteiger partial charge in [0.15, 0.2) is 5.84 Å². The average Bonchev–Trinajstić information content (AvgIpc) is 3.51. The summed E-state index contributed by atoms with van der Waals surface area (Å²) in [5, 5.41) is 3.70. The van der Waals surface area contributed by atoms with Crippen LogP contribution in [0.5, 0.6) is 0 Å². The summed E-state index contributed by atoms with van der Waals surface area (Å²) in [5.41, 5.74) is 21.7. The van der Waals surface area contributed by atoms with Crippen LogP contribution in [-0.2, 0) is 0 Å². The van der Waals surface area contributed by atoms with Crippen molar-refractivity contribution in [1.82, 2.24) is 4.90 Å². The van der Waals surface area contributed by atoms with E-state index in [0.29, 0.717) is 11.8 Å². The lowest BCUT2D eigenvalue weighted by Gasteiger charge is -2.37. The Morgan fingerprint density at radius 1 is 1.15 bits per heavy atom. The molecule has 0 bridgehead atoms. The third-order valence-corrected chi connectivity index (χ3v) is 5.03. The van der Waals surface area contributed by atoms with Gasteiger partial charge < -0.3 is 27.9 Å². The molecule has 140 valence electrons.